The molecule has 0 saturated carbocycles. The molecule has 3 atom stereocenters. The summed E-state index contributed by atoms with van der Waals surface area (Å²) in [6, 6.07) is 6.40. The number of imide groups is 1. The predicted molar refractivity (Wildman–Crippen MR) is 185 cm³/mol. The second-order valence-corrected chi connectivity index (χ2v) is 11.8. The Balaban J connectivity index is 0.00000146. The molecule has 0 aliphatic carbocycles. The normalized spacial score (nSPS) is 20.5. The Hall–Kier alpha value is -2.39. The van der Waals surface area contributed by atoms with Gasteiger partial charge in [-0.2, -0.15) is 6.42 Å². The van der Waals surface area contributed by atoms with Gasteiger partial charge in [-0.05, 0) is 87.6 Å². The standard InChI is InChI=1S/C29H44N4O2.C6H9N2O3.K.H2O/c1-5-6-18-35-29(34)27-8-7-13-30-14-11-26(12-15-31-20-27)22-32-16-17-33(21-25(32)4)28-10-9-23(2)24(3)19-28;1-2-5(6(7)11)8(3-9)4-10;;/h7-10,13,19-20,25-26,30H,5-6,11-12,14-18,21-22H2,1-4H3;3-5H,1-2H2,(H2,7,11);;1H2/q;-1;+1;/p-1/b13-7+,27-8+,31-20?;;;. The van der Waals surface area contributed by atoms with Gasteiger partial charge in [0.25, 0.3) is 0 Å². The molecule has 1 fully saturated rings. The first-order valence-corrected chi connectivity index (χ1v) is 16.2. The average Bonchev–Trinajstić information content (AvgIpc) is 3.03. The zero-order valence-electron chi connectivity index (χ0n) is 29.5. The number of aliphatic imine (C=N–C) groups is 1. The van der Waals surface area contributed by atoms with Gasteiger partial charge in [0.05, 0.1) is 18.2 Å². The molecule has 2 heterocycles. The SMILES string of the molecule is CCCCOC(=O)/C1=C/C=C/NCCC(CN2CCN(c3ccc(C)c(C)c3)CC2C)CCN=C1.[CH2-]CC(C(N)=O)N(C=O)C=O.[K+].[OH-]. The zero-order chi connectivity index (χ0) is 33.9. The van der Waals surface area contributed by atoms with Gasteiger partial charge in [0.15, 0.2) is 0 Å². The van der Waals surface area contributed by atoms with Gasteiger partial charge in [0, 0.05) is 57.2 Å². The number of piperazine rings is 1. The Kier molecular flexibility index (Phi) is 24.3. The van der Waals surface area contributed by atoms with Crippen LogP contribution in [0.4, 0.5) is 5.69 Å². The third-order valence-corrected chi connectivity index (χ3v) is 8.37. The van der Waals surface area contributed by atoms with Gasteiger partial charge < -0.3 is 33.1 Å². The van der Waals surface area contributed by atoms with E-state index < -0.39 is 11.9 Å². The number of nitrogens with zero attached hydrogens (tertiary/aromatic N) is 4. The van der Waals surface area contributed by atoms with Gasteiger partial charge in [-0.1, -0.05) is 19.4 Å². The molecule has 3 unspecified atom stereocenters. The van der Waals surface area contributed by atoms with Crippen LogP contribution in [0.25, 0.3) is 0 Å². The van der Waals surface area contributed by atoms with E-state index in [2.05, 4.69) is 72.9 Å². The van der Waals surface area contributed by atoms with Crippen LogP contribution in [0.1, 0.15) is 57.1 Å². The molecule has 3 amide bonds. The first kappa shape index (κ1) is 45.6. The van der Waals surface area contributed by atoms with Crippen molar-refractivity contribution < 1.29 is 80.8 Å². The summed E-state index contributed by atoms with van der Waals surface area (Å²) in [5.74, 6) is -0.470. The van der Waals surface area contributed by atoms with Crippen LogP contribution >= 0.6 is 0 Å². The van der Waals surface area contributed by atoms with Crippen LogP contribution in [0.2, 0.25) is 0 Å². The van der Waals surface area contributed by atoms with Crippen LogP contribution in [-0.2, 0) is 23.9 Å². The maximum absolute atomic E-state index is 12.4. The molecule has 48 heavy (non-hydrogen) atoms. The monoisotopic (exact) mass is 693 g/mol. The molecule has 0 radical (unpaired) electrons. The summed E-state index contributed by atoms with van der Waals surface area (Å²) >= 11 is 0. The molecule has 4 N–H and O–H groups in total. The third kappa shape index (κ3) is 15.9. The number of hydrogen-bond donors (Lipinski definition) is 2. The number of rotatable bonds is 12. The molecule has 3 rings (SSSR count). The zero-order valence-corrected chi connectivity index (χ0v) is 32.6. The Bertz CT molecular complexity index is 1220. The number of allylic oxidation sites excluding steroid dienone is 2. The van der Waals surface area contributed by atoms with E-state index in [1.165, 1.54) is 16.8 Å². The Morgan fingerprint density at radius 1 is 1.19 bits per heavy atom. The van der Waals surface area contributed by atoms with Crippen LogP contribution in [0.5, 0.6) is 0 Å². The first-order chi connectivity index (χ1) is 22.1. The number of ether oxygens (including phenoxy) is 1. The molecule has 13 heteroatoms. The van der Waals surface area contributed by atoms with E-state index in [1.54, 1.807) is 12.3 Å². The molecule has 262 valence electrons. The number of aryl methyl sites for hydroxylation is 2. The number of nitrogens with one attached hydrogen (secondary N) is 1. The fourth-order valence-electron chi connectivity index (χ4n) is 5.26. The minimum absolute atomic E-state index is 0. The van der Waals surface area contributed by atoms with Crippen molar-refractivity contribution >= 4 is 36.6 Å². The van der Waals surface area contributed by atoms with Crippen molar-refractivity contribution in [1.82, 2.24) is 15.1 Å². The second kappa shape index (κ2) is 25.6. The molecule has 12 nitrogen and oxygen atoms in total. The minimum Gasteiger partial charge on any atom is -0.870 e. The van der Waals surface area contributed by atoms with Crippen LogP contribution in [-0.4, -0.2) is 104 Å². The minimum atomic E-state index is -0.926. The van der Waals surface area contributed by atoms with Crippen LogP contribution in [0.15, 0.2) is 47.1 Å². The van der Waals surface area contributed by atoms with Crippen molar-refractivity contribution in [3.05, 3.63) is 60.2 Å². The molecule has 0 aromatic heterocycles. The Labute approximate surface area is 329 Å². The third-order valence-electron chi connectivity index (χ3n) is 8.37. The summed E-state index contributed by atoms with van der Waals surface area (Å²) in [5.41, 5.74) is 9.42. The molecular weight excluding hydrogens is 640 g/mol. The van der Waals surface area contributed by atoms with E-state index in [1.807, 2.05) is 12.3 Å². The van der Waals surface area contributed by atoms with E-state index >= 15 is 0 Å². The van der Waals surface area contributed by atoms with Gasteiger partial charge in [0.1, 0.15) is 0 Å². The molecule has 1 aromatic rings. The number of carbonyl (C=O) groups excluding carboxylic acids is 4. The van der Waals surface area contributed by atoms with Gasteiger partial charge >= 0.3 is 57.4 Å². The van der Waals surface area contributed by atoms with Gasteiger partial charge in [-0.3, -0.25) is 29.2 Å². The molecular formula is C35H54KN6O6-. The van der Waals surface area contributed by atoms with Crippen molar-refractivity contribution in [2.75, 3.05) is 50.8 Å². The fourth-order valence-corrected chi connectivity index (χ4v) is 5.26. The number of primary amides is 1. The van der Waals surface area contributed by atoms with E-state index in [4.69, 9.17) is 10.5 Å². The molecule has 2 aliphatic rings. The van der Waals surface area contributed by atoms with Gasteiger partial charge in [-0.25, -0.2) is 4.79 Å². The van der Waals surface area contributed by atoms with Crippen molar-refractivity contribution in [3.8, 4) is 0 Å². The smallest absolute Gasteiger partial charge is 0.870 e. The molecule has 1 aromatic carbocycles. The number of hydrogen-bond acceptors (Lipinski definition) is 10. The summed E-state index contributed by atoms with van der Waals surface area (Å²) in [6.07, 6.45) is 11.8. The van der Waals surface area contributed by atoms with Crippen molar-refractivity contribution in [1.29, 1.82) is 0 Å². The van der Waals surface area contributed by atoms with E-state index in [9.17, 15) is 19.2 Å². The molecule has 2 aliphatic heterocycles. The molecule has 1 saturated heterocycles. The Morgan fingerprint density at radius 3 is 2.50 bits per heavy atom. The van der Waals surface area contributed by atoms with Crippen LogP contribution < -0.4 is 67.3 Å². The number of anilines is 1. The largest absolute Gasteiger partial charge is 1.00 e. The van der Waals surface area contributed by atoms with Gasteiger partial charge in [0.2, 0.25) is 18.7 Å². The number of benzene rings is 1. The van der Waals surface area contributed by atoms with Gasteiger partial charge in [-0.15, -0.1) is 0 Å². The maximum Gasteiger partial charge on any atom is 1.00 e. The van der Waals surface area contributed by atoms with Crippen LogP contribution in [0.3, 0.4) is 0 Å². The second-order valence-electron chi connectivity index (χ2n) is 11.8. The number of nitrogens with two attached hydrogens (primary N) is 1. The summed E-state index contributed by atoms with van der Waals surface area (Å²) in [6.45, 7) is 18.6. The number of esters is 1. The topological polar surface area (TPSA) is 168 Å². The van der Waals surface area contributed by atoms with Crippen LogP contribution in [0, 0.1) is 26.7 Å². The average molecular weight is 694 g/mol. The van der Waals surface area contributed by atoms with Crippen molar-refractivity contribution in [2.24, 2.45) is 16.6 Å². The maximum atomic E-state index is 12.4. The van der Waals surface area contributed by atoms with E-state index in [-0.39, 0.29) is 82.1 Å². The number of unbranched alkanes of at least 4 members (excludes halogenated alkanes) is 1. The summed E-state index contributed by atoms with van der Waals surface area (Å²) in [4.78, 5) is 53.5. The molecule has 0 bridgehead atoms. The number of amides is 3. The van der Waals surface area contributed by atoms with E-state index in [0.29, 0.717) is 29.0 Å². The summed E-state index contributed by atoms with van der Waals surface area (Å²) in [5, 5.41) is 3.38. The Morgan fingerprint density at radius 2 is 1.92 bits per heavy atom. The van der Waals surface area contributed by atoms with E-state index in [0.717, 1.165) is 65.0 Å². The summed E-state index contributed by atoms with van der Waals surface area (Å²) < 4.78 is 5.37. The first-order valence-electron chi connectivity index (χ1n) is 16.2. The van der Waals surface area contributed by atoms with Crippen molar-refractivity contribution in [3.63, 3.8) is 0 Å². The fraction of sp³-hybridized carbons (Fsp3) is 0.543. The summed E-state index contributed by atoms with van der Waals surface area (Å²) in [7, 11) is 0. The van der Waals surface area contributed by atoms with Crippen molar-refractivity contribution in [2.45, 2.75) is 71.9 Å². The quantitative estimate of drug-likeness (QED) is 0.102. The predicted octanol–water partition coefficient (Wildman–Crippen LogP) is 0.174. The molecule has 0 spiro atoms. The number of carbonyl (C=O) groups is 4.